The number of aliphatic hydroxyl groups excluding tert-OH is 1. The van der Waals surface area contributed by atoms with Crippen LogP contribution in [-0.4, -0.2) is 56.2 Å². The van der Waals surface area contributed by atoms with Gasteiger partial charge in [-0.25, -0.2) is 15.0 Å². The molecule has 0 amide bonds. The van der Waals surface area contributed by atoms with Gasteiger partial charge in [0.1, 0.15) is 11.6 Å². The fraction of sp³-hybridized carbons (Fsp3) is 0.379. The Hall–Kier alpha value is -3.62. The summed E-state index contributed by atoms with van der Waals surface area (Å²) >= 11 is 0. The van der Waals surface area contributed by atoms with Crippen molar-refractivity contribution in [3.05, 3.63) is 65.6 Å². The number of nitrogens with one attached hydrogen (secondary N) is 1. The summed E-state index contributed by atoms with van der Waals surface area (Å²) in [5.74, 6) is 2.94. The van der Waals surface area contributed by atoms with Gasteiger partial charge < -0.3 is 15.3 Å². The molecule has 2 aliphatic heterocycles. The standard InChI is InChI=1S/C29H31N7O/c1-35-16-20-4-5-22(12-21(20)17-35)32-26-13-19(6-9-31-26)28-33-25-15-30-14-24(18-2-3-18)27(25)29(34-28)36-10-7-23(37)8-11-36/h4-6,9,12-15,18,23,37H,2-3,7-8,10-11,16-17H2,1H3,(H,31,32). The average Bonchev–Trinajstić information content (AvgIpc) is 3.69. The van der Waals surface area contributed by atoms with E-state index in [4.69, 9.17) is 9.97 Å². The average molecular weight is 494 g/mol. The molecule has 0 radical (unpaired) electrons. The van der Waals surface area contributed by atoms with Crippen molar-refractivity contribution in [3.8, 4) is 11.4 Å². The maximum Gasteiger partial charge on any atom is 0.162 e. The second kappa shape index (κ2) is 9.04. The minimum absolute atomic E-state index is 0.234. The molecular formula is C29H31N7O. The Bertz CT molecular complexity index is 1480. The van der Waals surface area contributed by atoms with Crippen LogP contribution in [0.5, 0.6) is 0 Å². The van der Waals surface area contributed by atoms with E-state index >= 15 is 0 Å². The van der Waals surface area contributed by atoms with Crippen molar-refractivity contribution >= 4 is 28.2 Å². The lowest BCUT2D eigenvalue weighted by Crippen LogP contribution is -2.36. The molecule has 2 N–H and O–H groups in total. The quantitative estimate of drug-likeness (QED) is 0.416. The molecule has 1 aliphatic carbocycles. The molecule has 0 spiro atoms. The van der Waals surface area contributed by atoms with Crippen LogP contribution in [0.2, 0.25) is 0 Å². The number of pyridine rings is 2. The van der Waals surface area contributed by atoms with Crippen LogP contribution in [0.15, 0.2) is 48.9 Å². The van der Waals surface area contributed by atoms with E-state index in [0.717, 1.165) is 72.8 Å². The van der Waals surface area contributed by atoms with Gasteiger partial charge in [-0.05, 0) is 79.6 Å². The number of aliphatic hydroxyl groups is 1. The first-order valence-corrected chi connectivity index (χ1v) is 13.2. The summed E-state index contributed by atoms with van der Waals surface area (Å²) in [5, 5.41) is 14.7. The van der Waals surface area contributed by atoms with Crippen molar-refractivity contribution in [2.45, 2.75) is 50.8 Å². The molecule has 8 nitrogen and oxygen atoms in total. The van der Waals surface area contributed by atoms with Gasteiger partial charge in [0.2, 0.25) is 0 Å². The molecule has 5 heterocycles. The summed E-state index contributed by atoms with van der Waals surface area (Å²) in [6.07, 6.45) is 9.32. The number of anilines is 3. The van der Waals surface area contributed by atoms with Gasteiger partial charge in [-0.1, -0.05) is 6.07 Å². The summed E-state index contributed by atoms with van der Waals surface area (Å²) < 4.78 is 0. The van der Waals surface area contributed by atoms with Gasteiger partial charge in [0.25, 0.3) is 0 Å². The molecule has 1 aromatic carbocycles. The van der Waals surface area contributed by atoms with Crippen molar-refractivity contribution < 1.29 is 5.11 Å². The van der Waals surface area contributed by atoms with Crippen molar-refractivity contribution in [1.82, 2.24) is 24.8 Å². The minimum atomic E-state index is -0.234. The van der Waals surface area contributed by atoms with Gasteiger partial charge >= 0.3 is 0 Å². The first-order valence-electron chi connectivity index (χ1n) is 13.2. The summed E-state index contributed by atoms with van der Waals surface area (Å²) in [4.78, 5) is 23.9. The Morgan fingerprint density at radius 2 is 1.78 bits per heavy atom. The first kappa shape index (κ1) is 22.6. The molecule has 2 fully saturated rings. The third kappa shape index (κ3) is 4.40. The van der Waals surface area contributed by atoms with Crippen LogP contribution in [0.3, 0.4) is 0 Å². The van der Waals surface area contributed by atoms with Crippen molar-refractivity contribution in [2.75, 3.05) is 30.4 Å². The predicted molar refractivity (Wildman–Crippen MR) is 145 cm³/mol. The van der Waals surface area contributed by atoms with Crippen molar-refractivity contribution in [1.29, 1.82) is 0 Å². The van der Waals surface area contributed by atoms with Crippen LogP contribution in [0, 0.1) is 0 Å². The van der Waals surface area contributed by atoms with Gasteiger partial charge in [0.15, 0.2) is 5.82 Å². The van der Waals surface area contributed by atoms with E-state index in [1.165, 1.54) is 29.5 Å². The molecule has 188 valence electrons. The number of benzene rings is 1. The third-order valence-corrected chi connectivity index (χ3v) is 7.78. The Labute approximate surface area is 216 Å². The fourth-order valence-electron chi connectivity index (χ4n) is 5.66. The van der Waals surface area contributed by atoms with Crippen LogP contribution in [-0.2, 0) is 13.1 Å². The van der Waals surface area contributed by atoms with E-state index in [0.29, 0.717) is 11.7 Å². The normalized spacial score (nSPS) is 18.4. The fourth-order valence-corrected chi connectivity index (χ4v) is 5.66. The number of piperidine rings is 1. The number of hydrogen-bond acceptors (Lipinski definition) is 8. The Balaban J connectivity index is 1.26. The zero-order valence-electron chi connectivity index (χ0n) is 21.1. The lowest BCUT2D eigenvalue weighted by Gasteiger charge is -2.31. The summed E-state index contributed by atoms with van der Waals surface area (Å²) in [6, 6.07) is 10.5. The van der Waals surface area contributed by atoms with E-state index in [-0.39, 0.29) is 6.10 Å². The zero-order valence-corrected chi connectivity index (χ0v) is 21.1. The predicted octanol–water partition coefficient (Wildman–Crippen LogP) is 4.61. The van der Waals surface area contributed by atoms with Gasteiger partial charge in [-0.2, -0.15) is 0 Å². The summed E-state index contributed by atoms with van der Waals surface area (Å²) in [7, 11) is 2.14. The van der Waals surface area contributed by atoms with E-state index in [1.807, 2.05) is 30.7 Å². The van der Waals surface area contributed by atoms with E-state index in [2.05, 4.69) is 50.3 Å². The molecule has 1 saturated carbocycles. The molecule has 0 atom stereocenters. The molecule has 3 aliphatic rings. The molecule has 0 unspecified atom stereocenters. The Kier molecular flexibility index (Phi) is 5.52. The molecule has 37 heavy (non-hydrogen) atoms. The maximum absolute atomic E-state index is 10.1. The number of nitrogens with zero attached hydrogens (tertiary/aromatic N) is 6. The van der Waals surface area contributed by atoms with Crippen LogP contribution in [0.4, 0.5) is 17.3 Å². The monoisotopic (exact) mass is 493 g/mol. The third-order valence-electron chi connectivity index (χ3n) is 7.78. The SMILES string of the molecule is CN1Cc2ccc(Nc3cc(-c4nc(N5CCC(O)CC5)c5c(C6CC6)cncc5n4)ccn3)cc2C1. The van der Waals surface area contributed by atoms with E-state index in [1.54, 1.807) is 0 Å². The summed E-state index contributed by atoms with van der Waals surface area (Å²) in [6.45, 7) is 3.54. The minimum Gasteiger partial charge on any atom is -0.393 e. The second-order valence-electron chi connectivity index (χ2n) is 10.7. The van der Waals surface area contributed by atoms with Crippen LogP contribution < -0.4 is 10.2 Å². The number of aromatic nitrogens is 4. The van der Waals surface area contributed by atoms with Crippen LogP contribution >= 0.6 is 0 Å². The maximum atomic E-state index is 10.1. The Morgan fingerprint density at radius 1 is 0.946 bits per heavy atom. The molecule has 4 aromatic rings. The first-order chi connectivity index (χ1) is 18.1. The van der Waals surface area contributed by atoms with E-state index in [9.17, 15) is 5.11 Å². The Morgan fingerprint density at radius 3 is 2.62 bits per heavy atom. The van der Waals surface area contributed by atoms with Crippen LogP contribution in [0.25, 0.3) is 22.3 Å². The molecule has 7 rings (SSSR count). The van der Waals surface area contributed by atoms with Gasteiger partial charge in [-0.15, -0.1) is 0 Å². The smallest absolute Gasteiger partial charge is 0.162 e. The molecular weight excluding hydrogens is 462 g/mol. The highest BCUT2D eigenvalue weighted by molar-refractivity contribution is 5.94. The molecule has 3 aromatic heterocycles. The van der Waals surface area contributed by atoms with Crippen LogP contribution in [0.1, 0.15) is 48.3 Å². The number of hydrogen-bond donors (Lipinski definition) is 2. The van der Waals surface area contributed by atoms with Gasteiger partial charge in [0, 0.05) is 55.2 Å². The number of rotatable bonds is 5. The second-order valence-corrected chi connectivity index (χ2v) is 10.7. The highest BCUT2D eigenvalue weighted by Crippen LogP contribution is 2.45. The van der Waals surface area contributed by atoms with Crippen molar-refractivity contribution in [3.63, 3.8) is 0 Å². The highest BCUT2D eigenvalue weighted by atomic mass is 16.3. The lowest BCUT2D eigenvalue weighted by molar-refractivity contribution is 0.145. The van der Waals surface area contributed by atoms with Gasteiger partial charge in [-0.3, -0.25) is 9.88 Å². The molecule has 0 bridgehead atoms. The topological polar surface area (TPSA) is 90.3 Å². The summed E-state index contributed by atoms with van der Waals surface area (Å²) in [5.41, 5.74) is 6.82. The largest absolute Gasteiger partial charge is 0.393 e. The van der Waals surface area contributed by atoms with Crippen molar-refractivity contribution in [2.24, 2.45) is 0 Å². The lowest BCUT2D eigenvalue weighted by atomic mass is 10.0. The van der Waals surface area contributed by atoms with E-state index < -0.39 is 0 Å². The highest BCUT2D eigenvalue weighted by Gasteiger charge is 2.30. The van der Waals surface area contributed by atoms with Gasteiger partial charge in [0.05, 0.1) is 17.8 Å². The molecule has 1 saturated heterocycles. The number of fused-ring (bicyclic) bond motifs is 2. The molecule has 8 heteroatoms. The zero-order chi connectivity index (χ0) is 24.9.